The van der Waals surface area contributed by atoms with Crippen LogP contribution in [-0.4, -0.2) is 12.1 Å². The maximum Gasteiger partial charge on any atom is 0.338 e. The van der Waals surface area contributed by atoms with Crippen molar-refractivity contribution in [1.29, 1.82) is 0 Å². The van der Waals surface area contributed by atoms with Crippen LogP contribution in [0.3, 0.4) is 0 Å². The summed E-state index contributed by atoms with van der Waals surface area (Å²) in [7, 11) is 0. The Bertz CT molecular complexity index is 370. The van der Waals surface area contributed by atoms with Gasteiger partial charge in [-0.15, -0.1) is 0 Å². The Kier molecular flexibility index (Phi) is 3.83. The summed E-state index contributed by atoms with van der Waals surface area (Å²) in [6, 6.07) is 7.69. The van der Waals surface area contributed by atoms with E-state index in [1.54, 1.807) is 18.2 Å². The largest absolute Gasteiger partial charge is 0.459 e. The van der Waals surface area contributed by atoms with Gasteiger partial charge < -0.3 is 4.74 Å². The van der Waals surface area contributed by atoms with Crippen LogP contribution in [0, 0.1) is 6.07 Å². The van der Waals surface area contributed by atoms with Crippen molar-refractivity contribution in [2.75, 3.05) is 0 Å². The highest BCUT2D eigenvalue weighted by Gasteiger charge is 2.18. The van der Waals surface area contributed by atoms with Crippen molar-refractivity contribution in [2.24, 2.45) is 0 Å². The first-order valence-electron chi connectivity index (χ1n) is 5.64. The number of ether oxygens (including phenoxy) is 1. The third kappa shape index (κ3) is 2.99. The first kappa shape index (κ1) is 11.5. The average molecular weight is 238 g/mol. The van der Waals surface area contributed by atoms with Crippen molar-refractivity contribution < 1.29 is 9.53 Å². The summed E-state index contributed by atoms with van der Waals surface area (Å²) in [5, 5.41) is 0.443. The van der Waals surface area contributed by atoms with E-state index in [9.17, 15) is 4.79 Å². The molecule has 16 heavy (non-hydrogen) atoms. The van der Waals surface area contributed by atoms with Gasteiger partial charge in [0.1, 0.15) is 6.10 Å². The molecule has 1 aliphatic rings. The van der Waals surface area contributed by atoms with Crippen LogP contribution in [0.2, 0.25) is 5.02 Å². The molecule has 0 unspecified atom stereocenters. The number of halogens is 1. The van der Waals surface area contributed by atoms with Gasteiger partial charge in [0.25, 0.3) is 0 Å². The summed E-state index contributed by atoms with van der Waals surface area (Å²) >= 11 is 5.77. The first-order valence-corrected chi connectivity index (χ1v) is 6.02. The SMILES string of the molecule is O=C(OC1CCCCC1)c1cc[c]c(Cl)c1. The zero-order valence-electron chi connectivity index (χ0n) is 9.04. The second-order valence-electron chi connectivity index (χ2n) is 4.09. The molecule has 0 aromatic heterocycles. The van der Waals surface area contributed by atoms with Crippen molar-refractivity contribution in [3.05, 3.63) is 34.9 Å². The number of benzene rings is 1. The predicted molar refractivity (Wildman–Crippen MR) is 62.6 cm³/mol. The molecule has 0 saturated heterocycles. The Morgan fingerprint density at radius 2 is 2.12 bits per heavy atom. The van der Waals surface area contributed by atoms with E-state index in [2.05, 4.69) is 6.07 Å². The quantitative estimate of drug-likeness (QED) is 0.735. The molecule has 2 nitrogen and oxygen atoms in total. The minimum Gasteiger partial charge on any atom is -0.459 e. The number of esters is 1. The van der Waals surface area contributed by atoms with Crippen LogP contribution in [0.25, 0.3) is 0 Å². The molecule has 1 aromatic rings. The van der Waals surface area contributed by atoms with E-state index in [-0.39, 0.29) is 12.1 Å². The molecule has 0 bridgehead atoms. The molecule has 1 aromatic carbocycles. The van der Waals surface area contributed by atoms with Crippen LogP contribution in [0.4, 0.5) is 0 Å². The second kappa shape index (κ2) is 5.35. The van der Waals surface area contributed by atoms with Gasteiger partial charge in [-0.1, -0.05) is 24.1 Å². The molecule has 0 atom stereocenters. The van der Waals surface area contributed by atoms with Crippen LogP contribution in [0.1, 0.15) is 42.5 Å². The fourth-order valence-corrected chi connectivity index (χ4v) is 2.15. The zero-order chi connectivity index (χ0) is 11.4. The lowest BCUT2D eigenvalue weighted by Gasteiger charge is -2.21. The van der Waals surface area contributed by atoms with Crippen molar-refractivity contribution in [2.45, 2.75) is 38.2 Å². The Hall–Kier alpha value is -1.02. The van der Waals surface area contributed by atoms with Gasteiger partial charge in [0.15, 0.2) is 0 Å². The molecule has 0 heterocycles. The van der Waals surface area contributed by atoms with E-state index >= 15 is 0 Å². The van der Waals surface area contributed by atoms with Gasteiger partial charge in [-0.2, -0.15) is 0 Å². The number of carbonyl (C=O) groups is 1. The van der Waals surface area contributed by atoms with Gasteiger partial charge in [-0.25, -0.2) is 4.79 Å². The van der Waals surface area contributed by atoms with E-state index in [0.717, 1.165) is 25.7 Å². The van der Waals surface area contributed by atoms with Crippen LogP contribution in [-0.2, 0) is 4.74 Å². The van der Waals surface area contributed by atoms with Crippen LogP contribution < -0.4 is 0 Å². The van der Waals surface area contributed by atoms with Crippen molar-refractivity contribution in [1.82, 2.24) is 0 Å². The van der Waals surface area contributed by atoms with E-state index in [1.807, 2.05) is 0 Å². The van der Waals surface area contributed by atoms with Crippen LogP contribution in [0.15, 0.2) is 18.2 Å². The monoisotopic (exact) mass is 237 g/mol. The Morgan fingerprint density at radius 1 is 1.38 bits per heavy atom. The molecule has 0 N–H and O–H groups in total. The second-order valence-corrected chi connectivity index (χ2v) is 4.50. The third-order valence-corrected chi connectivity index (χ3v) is 3.05. The van der Waals surface area contributed by atoms with Crippen molar-refractivity contribution in [3.63, 3.8) is 0 Å². The normalized spacial score (nSPS) is 17.1. The summed E-state index contributed by atoms with van der Waals surface area (Å²) in [4.78, 5) is 11.8. The highest BCUT2D eigenvalue weighted by atomic mass is 35.5. The van der Waals surface area contributed by atoms with Crippen LogP contribution in [0.5, 0.6) is 0 Å². The molecule has 1 fully saturated rings. The standard InChI is InChI=1S/C13H14ClO2/c14-11-6-4-5-10(9-11)13(15)16-12-7-2-1-3-8-12/h4-5,9,12H,1-3,7-8H2. The summed E-state index contributed by atoms with van der Waals surface area (Å²) in [5.74, 6) is -0.275. The molecule has 0 spiro atoms. The molecular weight excluding hydrogens is 224 g/mol. The average Bonchev–Trinajstić information content (AvgIpc) is 2.30. The zero-order valence-corrected chi connectivity index (χ0v) is 9.80. The molecule has 1 saturated carbocycles. The molecule has 2 rings (SSSR count). The van der Waals surface area contributed by atoms with Gasteiger partial charge in [0, 0.05) is 11.1 Å². The summed E-state index contributed by atoms with van der Waals surface area (Å²) in [6.45, 7) is 0. The van der Waals surface area contributed by atoms with Crippen molar-refractivity contribution >= 4 is 17.6 Å². The molecule has 0 amide bonds. The highest BCUT2D eigenvalue weighted by molar-refractivity contribution is 6.30. The van der Waals surface area contributed by atoms with E-state index < -0.39 is 0 Å². The van der Waals surface area contributed by atoms with E-state index in [0.29, 0.717) is 10.6 Å². The first-order chi connectivity index (χ1) is 7.75. The number of hydrogen-bond donors (Lipinski definition) is 0. The minimum atomic E-state index is -0.275. The van der Waals surface area contributed by atoms with Gasteiger partial charge in [0.05, 0.1) is 5.56 Å². The lowest BCUT2D eigenvalue weighted by molar-refractivity contribution is 0.0211. The Balaban J connectivity index is 1.97. The third-order valence-electron chi connectivity index (χ3n) is 2.83. The fraction of sp³-hybridized carbons (Fsp3) is 0.462. The van der Waals surface area contributed by atoms with Gasteiger partial charge >= 0.3 is 5.97 Å². The molecule has 0 aliphatic heterocycles. The minimum absolute atomic E-state index is 0.0872. The molecule has 85 valence electrons. The fourth-order valence-electron chi connectivity index (χ4n) is 1.97. The maximum absolute atomic E-state index is 11.8. The molecule has 1 radical (unpaired) electrons. The van der Waals surface area contributed by atoms with Crippen LogP contribution >= 0.6 is 11.6 Å². The van der Waals surface area contributed by atoms with Gasteiger partial charge in [0.2, 0.25) is 0 Å². The highest BCUT2D eigenvalue weighted by Crippen LogP contribution is 2.21. The molecule has 1 aliphatic carbocycles. The van der Waals surface area contributed by atoms with Crippen molar-refractivity contribution in [3.8, 4) is 0 Å². The number of carbonyl (C=O) groups excluding carboxylic acids is 1. The summed E-state index contributed by atoms with van der Waals surface area (Å²) < 4.78 is 5.42. The summed E-state index contributed by atoms with van der Waals surface area (Å²) in [5.41, 5.74) is 0.509. The van der Waals surface area contributed by atoms with E-state index in [1.165, 1.54) is 6.42 Å². The molecule has 3 heteroatoms. The number of hydrogen-bond acceptors (Lipinski definition) is 2. The Labute approximate surface area is 101 Å². The van der Waals surface area contributed by atoms with Gasteiger partial charge in [-0.3, -0.25) is 0 Å². The smallest absolute Gasteiger partial charge is 0.338 e. The topological polar surface area (TPSA) is 26.3 Å². The maximum atomic E-state index is 11.8. The molecular formula is C13H14ClO2. The number of rotatable bonds is 2. The van der Waals surface area contributed by atoms with Gasteiger partial charge in [-0.05, 0) is 37.8 Å². The summed E-state index contributed by atoms with van der Waals surface area (Å²) in [6.07, 6.45) is 5.61. The lowest BCUT2D eigenvalue weighted by atomic mass is 9.98. The lowest BCUT2D eigenvalue weighted by Crippen LogP contribution is -2.20. The van der Waals surface area contributed by atoms with E-state index in [4.69, 9.17) is 16.3 Å². The predicted octanol–water partition coefficient (Wildman–Crippen LogP) is 3.63. The Morgan fingerprint density at radius 3 is 2.81 bits per heavy atom.